The third kappa shape index (κ3) is 3.40. The summed E-state index contributed by atoms with van der Waals surface area (Å²) in [5, 5.41) is 3.37. The fourth-order valence-electron chi connectivity index (χ4n) is 4.19. The molecular weight excluding hydrogens is 374 g/mol. The zero-order chi connectivity index (χ0) is 19.8. The first-order valence-electron chi connectivity index (χ1n) is 9.69. The molecule has 2 aliphatic rings. The van der Waals surface area contributed by atoms with Crippen molar-refractivity contribution in [3.05, 3.63) is 60.2 Å². The molecule has 1 unspecified atom stereocenters. The highest BCUT2D eigenvalue weighted by atomic mass is 32.2. The first kappa shape index (κ1) is 19.0. The summed E-state index contributed by atoms with van der Waals surface area (Å²) in [6.07, 6.45) is 1.79. The van der Waals surface area contributed by atoms with Crippen molar-refractivity contribution in [3.8, 4) is 0 Å². The normalized spacial score (nSPS) is 20.8. The number of hydrogen-bond donors (Lipinski definition) is 2. The molecule has 28 heavy (non-hydrogen) atoms. The summed E-state index contributed by atoms with van der Waals surface area (Å²) in [4.78, 5) is 15.2. The van der Waals surface area contributed by atoms with Crippen molar-refractivity contribution in [2.75, 3.05) is 18.4 Å². The number of anilines is 1. The van der Waals surface area contributed by atoms with Crippen molar-refractivity contribution in [1.29, 1.82) is 0 Å². The van der Waals surface area contributed by atoms with Gasteiger partial charge in [0.05, 0.1) is 11.6 Å². The Labute approximate surface area is 166 Å². The number of likely N-dealkylation sites (tertiary alicyclic amines) is 1. The number of rotatable bonds is 3. The molecule has 1 saturated heterocycles. The van der Waals surface area contributed by atoms with Crippen LogP contribution in [-0.4, -0.2) is 38.0 Å². The maximum atomic E-state index is 13.1. The number of nitrogens with zero attached hydrogens (tertiary/aromatic N) is 1. The van der Waals surface area contributed by atoms with E-state index >= 15 is 0 Å². The lowest BCUT2D eigenvalue weighted by Gasteiger charge is -2.46. The minimum absolute atomic E-state index is 0.114. The van der Waals surface area contributed by atoms with E-state index < -0.39 is 15.7 Å². The topological polar surface area (TPSA) is 78.5 Å². The first-order chi connectivity index (χ1) is 13.4. The van der Waals surface area contributed by atoms with Gasteiger partial charge in [-0.2, -0.15) is 4.72 Å². The van der Waals surface area contributed by atoms with Crippen molar-refractivity contribution in [1.82, 2.24) is 9.62 Å². The number of amides is 1. The van der Waals surface area contributed by atoms with Crippen LogP contribution < -0.4 is 10.0 Å². The summed E-state index contributed by atoms with van der Waals surface area (Å²) < 4.78 is 28.2. The van der Waals surface area contributed by atoms with Gasteiger partial charge >= 0.3 is 0 Å². The fourth-order valence-corrected chi connectivity index (χ4v) is 5.74. The summed E-state index contributed by atoms with van der Waals surface area (Å²) in [5.74, 6) is -0.0467. The van der Waals surface area contributed by atoms with Crippen LogP contribution in [0.5, 0.6) is 0 Å². The first-order valence-corrected chi connectivity index (χ1v) is 11.2. The van der Waals surface area contributed by atoms with Crippen LogP contribution in [0.4, 0.5) is 5.69 Å². The van der Waals surface area contributed by atoms with E-state index in [1.165, 1.54) is 0 Å². The Morgan fingerprint density at radius 2 is 1.71 bits per heavy atom. The quantitative estimate of drug-likeness (QED) is 0.832. The molecule has 0 radical (unpaired) electrons. The second kappa shape index (κ2) is 7.22. The Bertz CT molecular complexity index is 967. The van der Waals surface area contributed by atoms with Gasteiger partial charge in [-0.05, 0) is 24.1 Å². The van der Waals surface area contributed by atoms with Gasteiger partial charge in [0.25, 0.3) is 0 Å². The number of nitrogens with one attached hydrogen (secondary N) is 2. The van der Waals surface area contributed by atoms with Crippen LogP contribution in [0.15, 0.2) is 59.5 Å². The second-order valence-corrected chi connectivity index (χ2v) is 9.16. The van der Waals surface area contributed by atoms with Gasteiger partial charge in [-0.1, -0.05) is 49.4 Å². The van der Waals surface area contributed by atoms with E-state index in [0.29, 0.717) is 31.6 Å². The van der Waals surface area contributed by atoms with Crippen LogP contribution in [0.3, 0.4) is 0 Å². The van der Waals surface area contributed by atoms with Gasteiger partial charge in [0.1, 0.15) is 10.6 Å². The highest BCUT2D eigenvalue weighted by Crippen LogP contribution is 2.35. The van der Waals surface area contributed by atoms with Crippen molar-refractivity contribution in [3.63, 3.8) is 0 Å². The molecule has 1 atom stereocenters. The molecule has 0 saturated carbocycles. The Kier molecular flexibility index (Phi) is 4.89. The van der Waals surface area contributed by atoms with Crippen LogP contribution in [-0.2, 0) is 14.8 Å². The predicted octanol–water partition coefficient (Wildman–Crippen LogP) is 2.90. The Morgan fingerprint density at radius 3 is 2.39 bits per heavy atom. The number of carbonyl (C=O) groups excluding carboxylic acids is 1. The van der Waals surface area contributed by atoms with E-state index in [1.807, 2.05) is 48.2 Å². The molecule has 1 amide bonds. The summed E-state index contributed by atoms with van der Waals surface area (Å²) in [6, 6.07) is 16.8. The summed E-state index contributed by atoms with van der Waals surface area (Å²) in [5.41, 5.74) is 0.913. The SMILES string of the molecule is CCC(C(=O)N1CCC2(CC1)Nc1ccccc1S(=O)(=O)N2)c1ccccc1. The summed E-state index contributed by atoms with van der Waals surface area (Å²) in [6.45, 7) is 3.05. The molecule has 2 N–H and O–H groups in total. The fraction of sp³-hybridized carbons (Fsp3) is 0.381. The molecule has 148 valence electrons. The average molecular weight is 400 g/mol. The third-order valence-corrected chi connectivity index (χ3v) is 7.31. The number of carbonyl (C=O) groups is 1. The lowest BCUT2D eigenvalue weighted by molar-refractivity contribution is -0.134. The molecule has 7 heteroatoms. The van der Waals surface area contributed by atoms with Crippen LogP contribution in [0, 0.1) is 0 Å². The largest absolute Gasteiger partial charge is 0.365 e. The molecule has 2 aliphatic heterocycles. The molecule has 0 aromatic heterocycles. The molecule has 1 spiro atoms. The molecule has 2 heterocycles. The maximum absolute atomic E-state index is 13.1. The number of sulfonamides is 1. The Hall–Kier alpha value is -2.38. The van der Waals surface area contributed by atoms with E-state index in [0.717, 1.165) is 12.0 Å². The number of fused-ring (bicyclic) bond motifs is 1. The van der Waals surface area contributed by atoms with Crippen molar-refractivity contribution >= 4 is 21.6 Å². The van der Waals surface area contributed by atoms with Gasteiger partial charge < -0.3 is 10.2 Å². The number of para-hydroxylation sites is 1. The molecule has 2 aromatic rings. The highest BCUT2D eigenvalue weighted by Gasteiger charge is 2.44. The molecular formula is C21H25N3O3S. The van der Waals surface area contributed by atoms with Gasteiger partial charge in [-0.3, -0.25) is 4.79 Å². The standard InChI is InChI=1S/C21H25N3O3S/c1-2-17(16-8-4-3-5-9-16)20(25)24-14-12-21(13-15-24)22-18-10-6-7-11-19(18)28(26,27)23-21/h3-11,17,22-23H,2,12-15H2,1H3. The summed E-state index contributed by atoms with van der Waals surface area (Å²) >= 11 is 0. The molecule has 1 fully saturated rings. The Balaban J connectivity index is 1.50. The minimum atomic E-state index is -3.57. The van der Waals surface area contributed by atoms with E-state index in [1.54, 1.807) is 18.2 Å². The van der Waals surface area contributed by atoms with Gasteiger partial charge in [0.15, 0.2) is 0 Å². The van der Waals surface area contributed by atoms with E-state index in [9.17, 15) is 13.2 Å². The lowest BCUT2D eigenvalue weighted by Crippen LogP contribution is -2.62. The zero-order valence-corrected chi connectivity index (χ0v) is 16.7. The lowest BCUT2D eigenvalue weighted by atomic mass is 9.92. The van der Waals surface area contributed by atoms with Gasteiger partial charge in [0, 0.05) is 25.9 Å². The van der Waals surface area contributed by atoms with Crippen molar-refractivity contribution in [2.45, 2.75) is 42.7 Å². The predicted molar refractivity (Wildman–Crippen MR) is 108 cm³/mol. The number of benzene rings is 2. The number of hydrogen-bond acceptors (Lipinski definition) is 4. The molecule has 0 bridgehead atoms. The second-order valence-electron chi connectivity index (χ2n) is 7.51. The monoisotopic (exact) mass is 399 g/mol. The average Bonchev–Trinajstić information content (AvgIpc) is 2.69. The van der Waals surface area contributed by atoms with E-state index in [2.05, 4.69) is 10.0 Å². The van der Waals surface area contributed by atoms with E-state index in [4.69, 9.17) is 0 Å². The zero-order valence-electron chi connectivity index (χ0n) is 15.9. The number of piperidine rings is 1. The van der Waals surface area contributed by atoms with Crippen LogP contribution >= 0.6 is 0 Å². The molecule has 4 rings (SSSR count). The van der Waals surface area contributed by atoms with Gasteiger partial charge in [0.2, 0.25) is 15.9 Å². The smallest absolute Gasteiger partial charge is 0.244 e. The highest BCUT2D eigenvalue weighted by molar-refractivity contribution is 7.89. The van der Waals surface area contributed by atoms with Crippen molar-refractivity contribution in [2.24, 2.45) is 0 Å². The maximum Gasteiger partial charge on any atom is 0.244 e. The third-order valence-electron chi connectivity index (χ3n) is 5.72. The van der Waals surface area contributed by atoms with Gasteiger partial charge in [-0.25, -0.2) is 8.42 Å². The van der Waals surface area contributed by atoms with Crippen LogP contribution in [0.1, 0.15) is 37.7 Å². The van der Waals surface area contributed by atoms with E-state index in [-0.39, 0.29) is 16.7 Å². The van der Waals surface area contributed by atoms with Crippen LogP contribution in [0.2, 0.25) is 0 Å². The molecule has 6 nitrogen and oxygen atoms in total. The van der Waals surface area contributed by atoms with Crippen molar-refractivity contribution < 1.29 is 13.2 Å². The Morgan fingerprint density at radius 1 is 1.07 bits per heavy atom. The minimum Gasteiger partial charge on any atom is -0.365 e. The van der Waals surface area contributed by atoms with Gasteiger partial charge in [-0.15, -0.1) is 0 Å². The van der Waals surface area contributed by atoms with Crippen LogP contribution in [0.25, 0.3) is 0 Å². The molecule has 2 aromatic carbocycles. The summed E-state index contributed by atoms with van der Waals surface area (Å²) in [7, 11) is -3.57. The molecule has 0 aliphatic carbocycles.